The molecule has 0 fully saturated rings. The van der Waals surface area contributed by atoms with Gasteiger partial charge in [-0.2, -0.15) is 13.2 Å². The van der Waals surface area contributed by atoms with E-state index in [-0.39, 0.29) is 24.0 Å². The van der Waals surface area contributed by atoms with Gasteiger partial charge in [0.15, 0.2) is 11.7 Å². The molecule has 2 aromatic rings. The molecule has 0 aliphatic carbocycles. The normalized spacial score (nSPS) is 11.7. The van der Waals surface area contributed by atoms with Crippen molar-refractivity contribution in [2.75, 3.05) is 38.6 Å². The molecule has 1 aromatic heterocycles. The summed E-state index contributed by atoms with van der Waals surface area (Å²) in [6.07, 6.45) is -1.94. The molecule has 1 heterocycles. The van der Waals surface area contributed by atoms with Crippen LogP contribution in [-0.4, -0.2) is 44.7 Å². The number of benzene rings is 1. The van der Waals surface area contributed by atoms with Gasteiger partial charge < -0.3 is 15.5 Å². The summed E-state index contributed by atoms with van der Waals surface area (Å²) in [6.45, 7) is 2.21. The third kappa shape index (κ3) is 9.20. The van der Waals surface area contributed by atoms with Crippen LogP contribution in [0.15, 0.2) is 40.7 Å². The molecule has 0 atom stereocenters. The molecule has 5 nitrogen and oxygen atoms in total. The molecule has 0 saturated carbocycles. The smallest absolute Gasteiger partial charge is 0.375 e. The van der Waals surface area contributed by atoms with Crippen LogP contribution >= 0.6 is 35.3 Å². The summed E-state index contributed by atoms with van der Waals surface area (Å²) in [5.74, 6) is 0.643. The van der Waals surface area contributed by atoms with Gasteiger partial charge in [-0.15, -0.1) is 35.3 Å². The zero-order valence-electron chi connectivity index (χ0n) is 16.5. The molecule has 0 bridgehead atoms. The number of nitrogens with one attached hydrogen (secondary N) is 2. The first-order valence-electron chi connectivity index (χ1n) is 9.12. The predicted octanol–water partition coefficient (Wildman–Crippen LogP) is 4.40. The van der Waals surface area contributed by atoms with Gasteiger partial charge in [-0.3, -0.25) is 4.99 Å². The van der Waals surface area contributed by atoms with Gasteiger partial charge in [-0.1, -0.05) is 18.2 Å². The van der Waals surface area contributed by atoms with E-state index in [1.807, 2.05) is 18.2 Å². The Hall–Kier alpha value is -1.56. The number of unbranched alkanes of at least 4 members (excludes halogenated alkanes) is 1. The maximum atomic E-state index is 12.6. The van der Waals surface area contributed by atoms with Gasteiger partial charge in [0, 0.05) is 51.2 Å². The van der Waals surface area contributed by atoms with E-state index in [1.54, 1.807) is 7.05 Å². The van der Waals surface area contributed by atoms with Crippen LogP contribution in [0.4, 0.5) is 18.9 Å². The van der Waals surface area contributed by atoms with Crippen LogP contribution in [0.2, 0.25) is 0 Å². The molecule has 29 heavy (non-hydrogen) atoms. The minimum absolute atomic E-state index is 0. The number of anilines is 1. The van der Waals surface area contributed by atoms with Crippen molar-refractivity contribution in [2.45, 2.75) is 25.4 Å². The Labute approximate surface area is 190 Å². The molecule has 0 spiro atoms. The Morgan fingerprint density at radius 1 is 1.14 bits per heavy atom. The van der Waals surface area contributed by atoms with Gasteiger partial charge in [0.2, 0.25) is 0 Å². The largest absolute Gasteiger partial charge is 0.434 e. The van der Waals surface area contributed by atoms with E-state index in [0.717, 1.165) is 42.6 Å². The van der Waals surface area contributed by atoms with E-state index in [2.05, 4.69) is 44.7 Å². The van der Waals surface area contributed by atoms with E-state index in [1.165, 1.54) is 5.69 Å². The lowest BCUT2D eigenvalue weighted by atomic mass is 10.2. The molecule has 162 valence electrons. The van der Waals surface area contributed by atoms with Crippen LogP contribution in [0.3, 0.4) is 0 Å². The van der Waals surface area contributed by atoms with Gasteiger partial charge in [-0.05, 0) is 25.0 Å². The fraction of sp³-hybridized carbons (Fsp3) is 0.474. The summed E-state index contributed by atoms with van der Waals surface area (Å²) in [4.78, 5) is 9.97. The number of aliphatic imine (C=N–C) groups is 1. The highest BCUT2D eigenvalue weighted by Gasteiger charge is 2.33. The number of thiazole rings is 1. The Morgan fingerprint density at radius 2 is 1.83 bits per heavy atom. The molecular weight excluding hydrogens is 514 g/mol. The number of hydrogen-bond donors (Lipinski definition) is 2. The van der Waals surface area contributed by atoms with Crippen molar-refractivity contribution < 1.29 is 13.2 Å². The second kappa shape index (κ2) is 12.9. The van der Waals surface area contributed by atoms with Gasteiger partial charge in [0.1, 0.15) is 0 Å². The minimum atomic E-state index is -4.38. The quantitative estimate of drug-likeness (QED) is 0.214. The van der Waals surface area contributed by atoms with Crippen LogP contribution in [0, 0.1) is 0 Å². The molecule has 2 rings (SSSR count). The maximum absolute atomic E-state index is 12.6. The second-order valence-electron chi connectivity index (χ2n) is 6.26. The van der Waals surface area contributed by atoms with Crippen molar-refractivity contribution >= 4 is 47.0 Å². The van der Waals surface area contributed by atoms with Crippen molar-refractivity contribution in [2.24, 2.45) is 4.99 Å². The van der Waals surface area contributed by atoms with Gasteiger partial charge in [0.25, 0.3) is 0 Å². The fourth-order valence-corrected chi connectivity index (χ4v) is 3.36. The Morgan fingerprint density at radius 3 is 2.45 bits per heavy atom. The Balaban J connectivity index is 0.00000420. The third-order valence-electron chi connectivity index (χ3n) is 4.11. The zero-order valence-corrected chi connectivity index (χ0v) is 19.6. The number of nitrogens with zero attached hydrogens (tertiary/aromatic N) is 3. The highest BCUT2D eigenvalue weighted by Crippen LogP contribution is 2.29. The third-order valence-corrected chi connectivity index (χ3v) is 5.02. The lowest BCUT2D eigenvalue weighted by Gasteiger charge is -2.19. The summed E-state index contributed by atoms with van der Waals surface area (Å²) in [6, 6.07) is 10.2. The molecule has 0 amide bonds. The molecule has 1 aromatic carbocycles. The average molecular weight is 541 g/mol. The molecule has 0 aliphatic rings. The van der Waals surface area contributed by atoms with Crippen LogP contribution in [-0.2, 0) is 12.6 Å². The predicted molar refractivity (Wildman–Crippen MR) is 125 cm³/mol. The minimum Gasteiger partial charge on any atom is -0.375 e. The monoisotopic (exact) mass is 541 g/mol. The molecule has 2 N–H and O–H groups in total. The van der Waals surface area contributed by atoms with Crippen molar-refractivity contribution in [1.82, 2.24) is 15.6 Å². The molecular formula is C19H27F3IN5S. The van der Waals surface area contributed by atoms with E-state index >= 15 is 0 Å². The number of hydrogen-bond acceptors (Lipinski definition) is 4. The van der Waals surface area contributed by atoms with Crippen molar-refractivity contribution in [3.63, 3.8) is 0 Å². The second-order valence-corrected chi connectivity index (χ2v) is 7.21. The van der Waals surface area contributed by atoms with Gasteiger partial charge in [0.05, 0.1) is 5.01 Å². The molecule has 10 heteroatoms. The van der Waals surface area contributed by atoms with E-state index in [9.17, 15) is 13.2 Å². The number of rotatable bonds is 9. The zero-order chi connectivity index (χ0) is 20.4. The highest BCUT2D eigenvalue weighted by atomic mass is 127. The van der Waals surface area contributed by atoms with Crippen LogP contribution in [0.5, 0.6) is 0 Å². The standard InChI is InChI=1S/C19H26F3N5S.HI/c1-23-18(25-12-10-17-26-16(14-28-17)19(20,21)22)24-11-6-7-13-27(2)15-8-4-3-5-9-15;/h3-5,8-9,14H,6-7,10-13H2,1-2H3,(H2,23,24,25);1H. The first kappa shape index (κ1) is 25.5. The maximum Gasteiger partial charge on any atom is 0.434 e. The molecule has 0 unspecified atom stereocenters. The first-order valence-corrected chi connectivity index (χ1v) is 10.0. The Kier molecular flexibility index (Phi) is 11.3. The van der Waals surface area contributed by atoms with Gasteiger partial charge in [-0.25, -0.2) is 4.98 Å². The van der Waals surface area contributed by atoms with Gasteiger partial charge >= 0.3 is 6.18 Å². The first-order chi connectivity index (χ1) is 13.4. The number of alkyl halides is 3. The molecule has 0 saturated heterocycles. The average Bonchev–Trinajstić information content (AvgIpc) is 3.16. The Bertz CT molecular complexity index is 737. The summed E-state index contributed by atoms with van der Waals surface area (Å²) in [5, 5.41) is 7.84. The van der Waals surface area contributed by atoms with Crippen molar-refractivity contribution in [3.8, 4) is 0 Å². The molecule has 0 radical (unpaired) electrons. The molecule has 0 aliphatic heterocycles. The van der Waals surface area contributed by atoms with E-state index in [0.29, 0.717) is 23.9 Å². The summed E-state index contributed by atoms with van der Waals surface area (Å²) >= 11 is 1.02. The highest BCUT2D eigenvalue weighted by molar-refractivity contribution is 14.0. The lowest BCUT2D eigenvalue weighted by Crippen LogP contribution is -2.38. The van der Waals surface area contributed by atoms with Crippen molar-refractivity contribution in [3.05, 3.63) is 46.4 Å². The summed E-state index contributed by atoms with van der Waals surface area (Å²) in [7, 11) is 3.75. The number of halogens is 4. The SMILES string of the molecule is CN=C(NCCCCN(C)c1ccccc1)NCCc1nc(C(F)(F)F)cs1.I. The van der Waals surface area contributed by atoms with E-state index in [4.69, 9.17) is 0 Å². The summed E-state index contributed by atoms with van der Waals surface area (Å²) < 4.78 is 37.7. The number of para-hydroxylation sites is 1. The van der Waals surface area contributed by atoms with Crippen molar-refractivity contribution in [1.29, 1.82) is 0 Å². The summed E-state index contributed by atoms with van der Waals surface area (Å²) in [5.41, 5.74) is 0.374. The van der Waals surface area contributed by atoms with E-state index < -0.39 is 11.9 Å². The van der Waals surface area contributed by atoms with Crippen LogP contribution in [0.1, 0.15) is 23.5 Å². The number of guanidine groups is 1. The lowest BCUT2D eigenvalue weighted by molar-refractivity contribution is -0.140. The topological polar surface area (TPSA) is 52.6 Å². The van der Waals surface area contributed by atoms with Crippen LogP contribution in [0.25, 0.3) is 0 Å². The number of aromatic nitrogens is 1. The van der Waals surface area contributed by atoms with Crippen LogP contribution < -0.4 is 15.5 Å². The fourth-order valence-electron chi connectivity index (χ4n) is 2.56.